The molecule has 4 aliphatic carbocycles. The molecule has 7 aliphatic rings. The summed E-state index contributed by atoms with van der Waals surface area (Å²) in [6.07, 6.45) is 4.47. The smallest absolute Gasteiger partial charge is 0.338 e. The molecule has 1 N–H and O–H groups in total. The summed E-state index contributed by atoms with van der Waals surface area (Å²) < 4.78 is 46.0. The maximum atomic E-state index is 14.2. The fourth-order valence-corrected chi connectivity index (χ4v) is 14.8. The first-order valence-electron chi connectivity index (χ1n) is 26.8. The maximum Gasteiger partial charge on any atom is 0.338 e. The molecule has 0 bridgehead atoms. The monoisotopic (exact) mass is 991 g/mol. The number of allylic oxidation sites excluding steroid dienone is 1. The molecule has 6 fully saturated rings. The Bertz CT molecular complexity index is 2660. The van der Waals surface area contributed by atoms with E-state index in [-0.39, 0.29) is 45.5 Å². The fourth-order valence-electron chi connectivity index (χ4n) is 14.8. The van der Waals surface area contributed by atoms with Gasteiger partial charge in [-0.3, -0.25) is 5.32 Å². The summed E-state index contributed by atoms with van der Waals surface area (Å²) in [6.45, 7) is 10.5. The van der Waals surface area contributed by atoms with E-state index in [1.807, 2.05) is 0 Å². The first-order chi connectivity index (χ1) is 35.3. The van der Waals surface area contributed by atoms with Gasteiger partial charge in [0.05, 0.1) is 34.5 Å². The van der Waals surface area contributed by atoms with Crippen molar-refractivity contribution in [3.8, 4) is 0 Å². The van der Waals surface area contributed by atoms with Crippen molar-refractivity contribution in [2.75, 3.05) is 13.2 Å². The van der Waals surface area contributed by atoms with Gasteiger partial charge in [0.15, 0.2) is 24.6 Å². The summed E-state index contributed by atoms with van der Waals surface area (Å²) in [5.41, 5.74) is 2.38. The second-order valence-corrected chi connectivity index (χ2v) is 22.6. The normalized spacial score (nSPS) is 37.3. The number of fused-ring (bicyclic) bond motifs is 7. The van der Waals surface area contributed by atoms with Crippen molar-refractivity contribution >= 4 is 23.9 Å². The highest BCUT2D eigenvalue weighted by Crippen LogP contribution is 2.70. The van der Waals surface area contributed by atoms with E-state index in [0.717, 1.165) is 32.2 Å². The van der Waals surface area contributed by atoms with E-state index in [0.29, 0.717) is 53.9 Å². The third kappa shape index (κ3) is 9.35. The first kappa shape index (κ1) is 49.5. The van der Waals surface area contributed by atoms with Crippen molar-refractivity contribution in [2.24, 2.45) is 46.3 Å². The molecule has 11 rings (SSSR count). The third-order valence-electron chi connectivity index (χ3n) is 18.6. The average Bonchev–Trinajstić information content (AvgIpc) is 3.88. The van der Waals surface area contributed by atoms with Crippen LogP contribution in [0.4, 0.5) is 0 Å². The molecule has 0 radical (unpaired) electrons. The van der Waals surface area contributed by atoms with Crippen molar-refractivity contribution in [1.82, 2.24) is 5.32 Å². The van der Waals surface area contributed by atoms with Crippen LogP contribution in [0.15, 0.2) is 133 Å². The van der Waals surface area contributed by atoms with Crippen molar-refractivity contribution in [2.45, 2.75) is 134 Å². The average molecular weight is 992 g/mol. The van der Waals surface area contributed by atoms with Crippen LogP contribution in [0.1, 0.15) is 127 Å². The number of piperidine rings is 1. The van der Waals surface area contributed by atoms with Gasteiger partial charge in [-0.2, -0.15) is 0 Å². The van der Waals surface area contributed by atoms with E-state index >= 15 is 0 Å². The molecule has 3 saturated carbocycles. The van der Waals surface area contributed by atoms with Gasteiger partial charge in [-0.1, -0.05) is 112 Å². The summed E-state index contributed by atoms with van der Waals surface area (Å²) in [7, 11) is 0. The lowest BCUT2D eigenvalue weighted by Gasteiger charge is -2.59. The van der Waals surface area contributed by atoms with Gasteiger partial charge in [-0.05, 0) is 147 Å². The van der Waals surface area contributed by atoms with Gasteiger partial charge >= 0.3 is 23.9 Å². The minimum atomic E-state index is -1.49. The lowest BCUT2D eigenvalue weighted by molar-refractivity contribution is -0.310. The molecule has 12 heteroatoms. The third-order valence-corrected chi connectivity index (χ3v) is 18.6. The van der Waals surface area contributed by atoms with Crippen LogP contribution in [0, 0.1) is 46.3 Å². The predicted molar refractivity (Wildman–Crippen MR) is 271 cm³/mol. The van der Waals surface area contributed by atoms with Gasteiger partial charge in [0.1, 0.15) is 18.4 Å². The number of rotatable bonds is 11. The van der Waals surface area contributed by atoms with Crippen LogP contribution < -0.4 is 5.32 Å². The zero-order valence-corrected chi connectivity index (χ0v) is 42.4. The Morgan fingerprint density at radius 2 is 1.21 bits per heavy atom. The minimum Gasteiger partial charge on any atom is -0.459 e. The van der Waals surface area contributed by atoms with Crippen LogP contribution in [0.25, 0.3) is 0 Å². The standard InChI is InChI=1S/C61H69NO11/c1-37-27-32-61(62-35-37)38(2)50-48(73-61)34-47-45-26-25-43-33-44(28-30-59(43,3)46(45)29-31-60(47,50)4)68-58-53(72-57(66)42-23-15-8-16-24-42)52(71-56(65)41-21-13-7-14-22-41)51(70-55(64)40-19-11-6-12-20-40)49(69-58)36-67-54(63)39-17-9-5-10-18-39/h5-25,37-38,44-53,58,62H,26-36H2,1-4H3/t37?,38-,44-,45?,46?,47?,48?,49?,50?,51+,52-,53?,58+,59-,60-,61?/m0/s1. The Hall–Kier alpha value is -5.66. The molecule has 0 aromatic heterocycles. The summed E-state index contributed by atoms with van der Waals surface area (Å²) in [5.74, 6) is 0.528. The largest absolute Gasteiger partial charge is 0.459 e. The van der Waals surface area contributed by atoms with Crippen LogP contribution in [0.2, 0.25) is 0 Å². The molecule has 3 aliphatic heterocycles. The van der Waals surface area contributed by atoms with E-state index in [4.69, 9.17) is 33.2 Å². The van der Waals surface area contributed by atoms with Gasteiger partial charge in [0, 0.05) is 12.5 Å². The highest BCUT2D eigenvalue weighted by Gasteiger charge is 2.68. The van der Waals surface area contributed by atoms with Crippen LogP contribution in [-0.2, 0) is 33.2 Å². The van der Waals surface area contributed by atoms with Crippen LogP contribution in [0.5, 0.6) is 0 Å². The molecule has 73 heavy (non-hydrogen) atoms. The van der Waals surface area contributed by atoms with E-state index < -0.39 is 61.2 Å². The summed E-state index contributed by atoms with van der Waals surface area (Å²) in [4.78, 5) is 56.1. The van der Waals surface area contributed by atoms with Crippen LogP contribution in [-0.4, -0.2) is 85.7 Å². The molecule has 384 valence electrons. The maximum absolute atomic E-state index is 14.2. The van der Waals surface area contributed by atoms with E-state index in [9.17, 15) is 19.2 Å². The summed E-state index contributed by atoms with van der Waals surface area (Å²) >= 11 is 0. The molecule has 16 atom stereocenters. The van der Waals surface area contributed by atoms with Crippen molar-refractivity contribution in [3.63, 3.8) is 0 Å². The predicted octanol–water partition coefficient (Wildman–Crippen LogP) is 10.6. The van der Waals surface area contributed by atoms with Gasteiger partial charge in [0.2, 0.25) is 0 Å². The Labute approximate surface area is 428 Å². The number of hydrogen-bond acceptors (Lipinski definition) is 12. The first-order valence-corrected chi connectivity index (χ1v) is 26.8. The number of esters is 4. The molecule has 9 unspecified atom stereocenters. The number of benzene rings is 4. The molecule has 3 saturated heterocycles. The lowest BCUT2D eigenvalue weighted by Crippen LogP contribution is -2.63. The van der Waals surface area contributed by atoms with Crippen molar-refractivity contribution in [1.29, 1.82) is 0 Å². The Kier molecular flexibility index (Phi) is 13.7. The van der Waals surface area contributed by atoms with Gasteiger partial charge < -0.3 is 33.2 Å². The van der Waals surface area contributed by atoms with Gasteiger partial charge in [-0.15, -0.1) is 0 Å². The van der Waals surface area contributed by atoms with E-state index in [2.05, 4.69) is 39.1 Å². The highest BCUT2D eigenvalue weighted by atomic mass is 16.7. The second-order valence-electron chi connectivity index (χ2n) is 22.6. The van der Waals surface area contributed by atoms with Crippen molar-refractivity contribution < 1.29 is 52.3 Å². The number of carbonyl (C=O) groups is 4. The molecule has 12 nitrogen and oxygen atoms in total. The summed E-state index contributed by atoms with van der Waals surface area (Å²) in [6, 6.07) is 33.8. The summed E-state index contributed by atoms with van der Waals surface area (Å²) in [5, 5.41) is 3.90. The zero-order chi connectivity index (χ0) is 50.5. The molecule has 1 spiro atoms. The SMILES string of the molecule is CC1CCC2(NC1)OC1CC3C4CC=C5C[C@@H](O[C@@H]6OC(COC(=O)c7ccccc7)[C@@H](OC(=O)c7ccccc7)[C@H](OC(=O)c7ccccc7)C6OC(=O)c6ccccc6)CC[C@]5(C)C4CC[C@]3(C)C1[C@@H]2C. The topological polar surface area (TPSA) is 145 Å². The number of ether oxygens (including phenoxy) is 7. The molecule has 0 amide bonds. The fraction of sp³-hybridized carbons (Fsp3) is 0.508. The quantitative estimate of drug-likeness (QED) is 0.0867. The highest BCUT2D eigenvalue weighted by molar-refractivity contribution is 5.91. The molecular formula is C61H69NO11. The minimum absolute atomic E-state index is 0.0260. The van der Waals surface area contributed by atoms with Crippen molar-refractivity contribution in [3.05, 3.63) is 155 Å². The van der Waals surface area contributed by atoms with Gasteiger partial charge in [0.25, 0.3) is 0 Å². The lowest BCUT2D eigenvalue weighted by atomic mass is 9.47. The molecular weight excluding hydrogens is 923 g/mol. The molecule has 4 aromatic carbocycles. The van der Waals surface area contributed by atoms with E-state index in [1.54, 1.807) is 121 Å². The second kappa shape index (κ2) is 20.2. The molecule has 4 aromatic rings. The number of carbonyl (C=O) groups excluding carboxylic acids is 4. The van der Waals surface area contributed by atoms with Gasteiger partial charge in [-0.25, -0.2) is 19.2 Å². The van der Waals surface area contributed by atoms with Crippen LogP contribution in [0.3, 0.4) is 0 Å². The Balaban J connectivity index is 0.890. The molecule has 3 heterocycles. The van der Waals surface area contributed by atoms with E-state index in [1.165, 1.54) is 24.8 Å². The van der Waals surface area contributed by atoms with Crippen LogP contribution >= 0.6 is 0 Å². The number of hydrogen-bond donors (Lipinski definition) is 1. The Morgan fingerprint density at radius 3 is 1.78 bits per heavy atom. The Morgan fingerprint density at radius 1 is 0.644 bits per heavy atom. The number of nitrogens with one attached hydrogen (secondary N) is 1. The zero-order valence-electron chi connectivity index (χ0n) is 42.4.